The summed E-state index contributed by atoms with van der Waals surface area (Å²) >= 11 is 5.72. The van der Waals surface area contributed by atoms with Gasteiger partial charge in [0.15, 0.2) is 5.76 Å². The lowest BCUT2D eigenvalue weighted by atomic mass is 10.1. The predicted molar refractivity (Wildman–Crippen MR) is 80.6 cm³/mol. The molecule has 1 saturated heterocycles. The van der Waals surface area contributed by atoms with Crippen LogP contribution in [0.1, 0.15) is 30.6 Å². The van der Waals surface area contributed by atoms with Gasteiger partial charge in [-0.05, 0) is 31.5 Å². The zero-order chi connectivity index (χ0) is 13.8. The molecule has 1 fully saturated rings. The molecule has 3 nitrogen and oxygen atoms in total. The second-order valence-electron chi connectivity index (χ2n) is 5.35. The van der Waals surface area contributed by atoms with Crippen LogP contribution in [0.25, 0.3) is 11.3 Å². The van der Waals surface area contributed by atoms with Gasteiger partial charge < -0.3 is 4.52 Å². The zero-order valence-corrected chi connectivity index (χ0v) is 12.3. The van der Waals surface area contributed by atoms with Gasteiger partial charge in [-0.25, -0.2) is 0 Å². The molecule has 0 spiro atoms. The Morgan fingerprint density at radius 2 is 1.85 bits per heavy atom. The highest BCUT2D eigenvalue weighted by Gasteiger charge is 2.11. The monoisotopic (exact) mass is 290 g/mol. The van der Waals surface area contributed by atoms with Crippen LogP contribution in [0, 0.1) is 0 Å². The van der Waals surface area contributed by atoms with E-state index in [4.69, 9.17) is 16.1 Å². The van der Waals surface area contributed by atoms with Crippen molar-refractivity contribution in [1.82, 2.24) is 10.1 Å². The maximum absolute atomic E-state index is 5.72. The molecule has 4 heteroatoms. The Hall–Kier alpha value is -1.32. The molecule has 0 bridgehead atoms. The first-order chi connectivity index (χ1) is 9.85. The Labute approximate surface area is 124 Å². The molecule has 0 atom stereocenters. The van der Waals surface area contributed by atoms with Gasteiger partial charge in [0, 0.05) is 18.2 Å². The number of rotatable bonds is 4. The number of benzene rings is 1. The first-order valence-corrected chi connectivity index (χ1v) is 7.72. The van der Waals surface area contributed by atoms with Crippen LogP contribution in [0.4, 0.5) is 0 Å². The summed E-state index contributed by atoms with van der Waals surface area (Å²) in [6.07, 6.45) is 4.04. The van der Waals surface area contributed by atoms with E-state index in [1.165, 1.54) is 37.9 Å². The maximum Gasteiger partial charge on any atom is 0.152 e. The molecular formula is C16H19ClN2O. The summed E-state index contributed by atoms with van der Waals surface area (Å²) in [6, 6.07) is 10.5. The zero-order valence-electron chi connectivity index (χ0n) is 11.5. The minimum atomic E-state index is 0.361. The second kappa shape index (κ2) is 6.42. The van der Waals surface area contributed by atoms with Crippen LogP contribution in [-0.2, 0) is 12.4 Å². The number of piperidine rings is 1. The third kappa shape index (κ3) is 3.22. The fourth-order valence-electron chi connectivity index (χ4n) is 2.67. The molecule has 0 radical (unpaired) electrons. The van der Waals surface area contributed by atoms with Crippen molar-refractivity contribution >= 4 is 11.6 Å². The average molecular weight is 291 g/mol. The molecule has 0 amide bonds. The highest BCUT2D eigenvalue weighted by atomic mass is 35.5. The number of nitrogens with zero attached hydrogens (tertiary/aromatic N) is 2. The predicted octanol–water partition coefficient (Wildman–Crippen LogP) is 4.07. The smallest absolute Gasteiger partial charge is 0.152 e. The Morgan fingerprint density at radius 1 is 1.10 bits per heavy atom. The van der Waals surface area contributed by atoms with E-state index in [0.29, 0.717) is 11.6 Å². The Bertz CT molecular complexity index is 544. The van der Waals surface area contributed by atoms with Crippen molar-refractivity contribution in [2.24, 2.45) is 0 Å². The molecule has 1 aromatic heterocycles. The van der Waals surface area contributed by atoms with E-state index in [0.717, 1.165) is 17.8 Å². The minimum Gasteiger partial charge on any atom is -0.359 e. The fourth-order valence-corrected chi connectivity index (χ4v) is 2.79. The standard InChI is InChI=1S/C16H19ClN2O/c17-11-15-10-16(18-20-15)14-6-4-13(5-7-14)12-19-8-2-1-3-9-19/h4-7,10H,1-3,8-9,11-12H2. The molecule has 1 aliphatic heterocycles. The lowest BCUT2D eigenvalue weighted by molar-refractivity contribution is 0.221. The Balaban J connectivity index is 1.67. The number of aromatic nitrogens is 1. The summed E-state index contributed by atoms with van der Waals surface area (Å²) in [4.78, 5) is 2.53. The summed E-state index contributed by atoms with van der Waals surface area (Å²) in [5.74, 6) is 1.07. The third-order valence-corrected chi connectivity index (χ3v) is 4.06. The van der Waals surface area contributed by atoms with E-state index in [2.05, 4.69) is 34.3 Å². The Kier molecular flexibility index (Phi) is 4.38. The van der Waals surface area contributed by atoms with E-state index in [9.17, 15) is 0 Å². The third-order valence-electron chi connectivity index (χ3n) is 3.80. The van der Waals surface area contributed by atoms with Crippen LogP contribution in [-0.4, -0.2) is 23.1 Å². The van der Waals surface area contributed by atoms with E-state index in [1.807, 2.05) is 6.07 Å². The molecule has 0 N–H and O–H groups in total. The topological polar surface area (TPSA) is 29.3 Å². The number of hydrogen-bond donors (Lipinski definition) is 0. The number of halogens is 1. The van der Waals surface area contributed by atoms with Crippen LogP contribution in [0.5, 0.6) is 0 Å². The van der Waals surface area contributed by atoms with Gasteiger partial charge in [-0.15, -0.1) is 11.6 Å². The van der Waals surface area contributed by atoms with Crippen LogP contribution in [0.15, 0.2) is 34.9 Å². The first kappa shape index (κ1) is 13.7. The van der Waals surface area contributed by atoms with Crippen molar-refractivity contribution in [1.29, 1.82) is 0 Å². The van der Waals surface area contributed by atoms with Crippen molar-refractivity contribution < 1.29 is 4.52 Å². The second-order valence-corrected chi connectivity index (χ2v) is 5.61. The number of likely N-dealkylation sites (tertiary alicyclic amines) is 1. The quantitative estimate of drug-likeness (QED) is 0.795. The summed E-state index contributed by atoms with van der Waals surface area (Å²) < 4.78 is 5.13. The normalized spacial score (nSPS) is 16.4. The van der Waals surface area contributed by atoms with Gasteiger partial charge in [0.05, 0.1) is 5.88 Å². The molecule has 3 rings (SSSR count). The van der Waals surface area contributed by atoms with Crippen molar-refractivity contribution in [3.05, 3.63) is 41.7 Å². The van der Waals surface area contributed by atoms with Gasteiger partial charge in [-0.3, -0.25) is 4.90 Å². The summed E-state index contributed by atoms with van der Waals surface area (Å²) in [5.41, 5.74) is 3.29. The minimum absolute atomic E-state index is 0.361. The van der Waals surface area contributed by atoms with E-state index >= 15 is 0 Å². The molecule has 0 aliphatic carbocycles. The highest BCUT2D eigenvalue weighted by Crippen LogP contribution is 2.21. The van der Waals surface area contributed by atoms with Crippen molar-refractivity contribution in [3.63, 3.8) is 0 Å². The van der Waals surface area contributed by atoms with E-state index in [1.54, 1.807) is 0 Å². The van der Waals surface area contributed by atoms with Gasteiger partial charge >= 0.3 is 0 Å². The molecule has 0 unspecified atom stereocenters. The van der Waals surface area contributed by atoms with Crippen molar-refractivity contribution in [2.45, 2.75) is 31.7 Å². The van der Waals surface area contributed by atoms with Gasteiger partial charge in [-0.2, -0.15) is 0 Å². The maximum atomic E-state index is 5.72. The van der Waals surface area contributed by atoms with Crippen molar-refractivity contribution in [3.8, 4) is 11.3 Å². The molecule has 2 aromatic rings. The van der Waals surface area contributed by atoms with Gasteiger partial charge in [-0.1, -0.05) is 35.8 Å². The largest absolute Gasteiger partial charge is 0.359 e. The summed E-state index contributed by atoms with van der Waals surface area (Å²) in [6.45, 7) is 3.50. The molecule has 0 saturated carbocycles. The molecular weight excluding hydrogens is 272 g/mol. The fraction of sp³-hybridized carbons (Fsp3) is 0.438. The van der Waals surface area contributed by atoms with Gasteiger partial charge in [0.2, 0.25) is 0 Å². The molecule has 20 heavy (non-hydrogen) atoms. The highest BCUT2D eigenvalue weighted by molar-refractivity contribution is 6.16. The SMILES string of the molecule is ClCc1cc(-c2ccc(CN3CCCCC3)cc2)no1. The summed E-state index contributed by atoms with van der Waals surface area (Å²) in [7, 11) is 0. The van der Waals surface area contributed by atoms with Crippen LogP contribution >= 0.6 is 11.6 Å². The van der Waals surface area contributed by atoms with Crippen LogP contribution in [0.2, 0.25) is 0 Å². The average Bonchev–Trinajstić information content (AvgIpc) is 2.98. The number of hydrogen-bond acceptors (Lipinski definition) is 3. The lowest BCUT2D eigenvalue weighted by Crippen LogP contribution is -2.28. The first-order valence-electron chi connectivity index (χ1n) is 7.18. The van der Waals surface area contributed by atoms with Crippen molar-refractivity contribution in [2.75, 3.05) is 13.1 Å². The molecule has 1 aromatic carbocycles. The van der Waals surface area contributed by atoms with Gasteiger partial charge in [0.1, 0.15) is 5.69 Å². The number of alkyl halides is 1. The van der Waals surface area contributed by atoms with Gasteiger partial charge in [0.25, 0.3) is 0 Å². The lowest BCUT2D eigenvalue weighted by Gasteiger charge is -2.26. The molecule has 2 heterocycles. The summed E-state index contributed by atoms with van der Waals surface area (Å²) in [5, 5.41) is 4.03. The molecule has 106 valence electrons. The van der Waals surface area contributed by atoms with E-state index in [-0.39, 0.29) is 0 Å². The van der Waals surface area contributed by atoms with Crippen LogP contribution < -0.4 is 0 Å². The van der Waals surface area contributed by atoms with Crippen LogP contribution in [0.3, 0.4) is 0 Å². The molecule has 1 aliphatic rings. The Morgan fingerprint density at radius 3 is 2.50 bits per heavy atom. The van der Waals surface area contributed by atoms with E-state index < -0.39 is 0 Å².